The Morgan fingerprint density at radius 2 is 2.00 bits per heavy atom. The molecule has 17 heavy (non-hydrogen) atoms. The maximum atomic E-state index is 5.94. The summed E-state index contributed by atoms with van der Waals surface area (Å²) < 4.78 is 2.00. The molecule has 2 aromatic heterocycles. The number of thiophene rings is 1. The van der Waals surface area contributed by atoms with Gasteiger partial charge in [-0.3, -0.25) is 4.68 Å². The molecule has 0 fully saturated rings. The molecule has 0 saturated carbocycles. The summed E-state index contributed by atoms with van der Waals surface area (Å²) in [5.74, 6) is 0. The number of nitrogens with one attached hydrogen (secondary N) is 1. The monoisotopic (exact) mass is 243 g/mol. The number of nitrogens with two attached hydrogens (primary N) is 1. The molecule has 3 nitrogen and oxygen atoms in total. The van der Waals surface area contributed by atoms with Crippen molar-refractivity contribution in [1.29, 1.82) is 0 Å². The summed E-state index contributed by atoms with van der Waals surface area (Å²) in [6.45, 7) is 0.794. The van der Waals surface area contributed by atoms with Gasteiger partial charge in [0.1, 0.15) is 4.83 Å². The van der Waals surface area contributed by atoms with Gasteiger partial charge in [0.2, 0.25) is 0 Å². The first-order chi connectivity index (χ1) is 8.34. The van der Waals surface area contributed by atoms with Gasteiger partial charge in [-0.05, 0) is 17.0 Å². The van der Waals surface area contributed by atoms with Crippen LogP contribution < -0.4 is 11.2 Å². The van der Waals surface area contributed by atoms with Crippen LogP contribution >= 0.6 is 11.3 Å². The van der Waals surface area contributed by atoms with Gasteiger partial charge in [0.05, 0.1) is 18.4 Å². The second kappa shape index (κ2) is 4.14. The minimum Gasteiger partial charge on any atom is -0.397 e. The number of anilines is 1. The lowest BCUT2D eigenvalue weighted by Gasteiger charge is -2.07. The van der Waals surface area contributed by atoms with Gasteiger partial charge < -0.3 is 11.2 Å². The van der Waals surface area contributed by atoms with Crippen LogP contribution in [-0.4, -0.2) is 4.68 Å². The lowest BCUT2D eigenvalue weighted by atomic mass is 10.2. The Morgan fingerprint density at radius 3 is 2.82 bits per heavy atom. The Bertz CT molecular complexity index is 624. The van der Waals surface area contributed by atoms with Crippen molar-refractivity contribution in [2.45, 2.75) is 6.54 Å². The fourth-order valence-electron chi connectivity index (χ4n) is 1.86. The summed E-state index contributed by atoms with van der Waals surface area (Å²) in [4.78, 5) is 1.17. The van der Waals surface area contributed by atoms with Crippen LogP contribution in [0.25, 0.3) is 10.2 Å². The van der Waals surface area contributed by atoms with Crippen LogP contribution in [0.3, 0.4) is 0 Å². The van der Waals surface area contributed by atoms with Crippen LogP contribution in [0.4, 0.5) is 5.69 Å². The van der Waals surface area contributed by atoms with E-state index in [0.29, 0.717) is 0 Å². The molecule has 0 aliphatic rings. The normalized spacial score (nSPS) is 10.8. The van der Waals surface area contributed by atoms with Gasteiger partial charge in [0, 0.05) is 5.39 Å². The lowest BCUT2D eigenvalue weighted by molar-refractivity contribution is 0.880. The van der Waals surface area contributed by atoms with Crippen LogP contribution in [0, 0.1) is 0 Å². The highest BCUT2D eigenvalue weighted by atomic mass is 32.1. The minimum atomic E-state index is 0.794. The fourth-order valence-corrected chi connectivity index (χ4v) is 2.74. The number of aromatic nitrogens is 1. The summed E-state index contributed by atoms with van der Waals surface area (Å²) in [7, 11) is 0. The zero-order valence-electron chi connectivity index (χ0n) is 9.26. The molecule has 0 radical (unpaired) electrons. The maximum absolute atomic E-state index is 5.94. The topological polar surface area (TPSA) is 43.0 Å². The van der Waals surface area contributed by atoms with Crippen molar-refractivity contribution in [3.05, 3.63) is 53.5 Å². The third-order valence-corrected chi connectivity index (χ3v) is 3.65. The van der Waals surface area contributed by atoms with Gasteiger partial charge in [-0.1, -0.05) is 30.3 Å². The van der Waals surface area contributed by atoms with E-state index in [1.54, 1.807) is 11.3 Å². The zero-order valence-corrected chi connectivity index (χ0v) is 10.1. The molecule has 86 valence electrons. The second-order valence-electron chi connectivity index (χ2n) is 3.91. The van der Waals surface area contributed by atoms with E-state index in [0.717, 1.165) is 17.6 Å². The Labute approximate surface area is 103 Å². The molecular weight excluding hydrogens is 230 g/mol. The fraction of sp³-hybridized carbons (Fsp3) is 0.0769. The summed E-state index contributed by atoms with van der Waals surface area (Å²) >= 11 is 1.69. The van der Waals surface area contributed by atoms with Crippen LogP contribution in [0.2, 0.25) is 0 Å². The summed E-state index contributed by atoms with van der Waals surface area (Å²) in [5, 5.41) is 3.18. The lowest BCUT2D eigenvalue weighted by Crippen LogP contribution is -2.12. The second-order valence-corrected chi connectivity index (χ2v) is 4.81. The Balaban J connectivity index is 1.84. The van der Waals surface area contributed by atoms with E-state index in [1.807, 2.05) is 29.1 Å². The van der Waals surface area contributed by atoms with E-state index < -0.39 is 0 Å². The third-order valence-electron chi connectivity index (χ3n) is 2.74. The van der Waals surface area contributed by atoms with Gasteiger partial charge in [0.15, 0.2) is 0 Å². The predicted molar refractivity (Wildman–Crippen MR) is 73.7 cm³/mol. The number of fused-ring (bicyclic) bond motifs is 1. The van der Waals surface area contributed by atoms with Crippen LogP contribution in [0.15, 0.2) is 48.0 Å². The van der Waals surface area contributed by atoms with Crippen molar-refractivity contribution in [2.75, 3.05) is 11.2 Å². The summed E-state index contributed by atoms with van der Waals surface area (Å²) in [6.07, 6.45) is 1.93. The molecule has 0 aliphatic heterocycles. The van der Waals surface area contributed by atoms with E-state index in [-0.39, 0.29) is 0 Å². The standard InChI is InChI=1S/C13H13N3S/c14-12-9-16(13-11(12)6-7-17-13)15-8-10-4-2-1-3-5-10/h1-7,9,15H,8,14H2. The molecule has 0 saturated heterocycles. The first-order valence-electron chi connectivity index (χ1n) is 5.46. The molecular formula is C13H13N3S. The molecule has 4 heteroatoms. The molecule has 2 heterocycles. The van der Waals surface area contributed by atoms with Crippen LogP contribution in [-0.2, 0) is 6.54 Å². The number of nitrogens with zero attached hydrogens (tertiary/aromatic N) is 1. The molecule has 0 amide bonds. The molecule has 0 unspecified atom stereocenters. The molecule has 3 aromatic rings. The first-order valence-corrected chi connectivity index (χ1v) is 6.34. The number of benzene rings is 1. The summed E-state index contributed by atoms with van der Waals surface area (Å²) in [6, 6.07) is 12.4. The Kier molecular flexibility index (Phi) is 2.49. The van der Waals surface area contributed by atoms with E-state index in [1.165, 1.54) is 10.4 Å². The highest BCUT2D eigenvalue weighted by Gasteiger charge is 2.06. The first kappa shape index (κ1) is 10.2. The molecule has 0 spiro atoms. The van der Waals surface area contributed by atoms with Crippen LogP contribution in [0.5, 0.6) is 0 Å². The van der Waals surface area contributed by atoms with Crippen molar-refractivity contribution < 1.29 is 0 Å². The number of hydrogen-bond acceptors (Lipinski definition) is 3. The summed E-state index contributed by atoms with van der Waals surface area (Å²) in [5.41, 5.74) is 11.4. The molecule has 3 rings (SSSR count). The SMILES string of the molecule is Nc1cn(NCc2ccccc2)c2sccc12. The van der Waals surface area contributed by atoms with Crippen molar-refractivity contribution in [3.8, 4) is 0 Å². The third kappa shape index (κ3) is 1.87. The highest BCUT2D eigenvalue weighted by Crippen LogP contribution is 2.27. The van der Waals surface area contributed by atoms with Crippen LogP contribution in [0.1, 0.15) is 5.56 Å². The number of rotatable bonds is 3. The zero-order chi connectivity index (χ0) is 11.7. The molecule has 3 N–H and O–H groups in total. The van der Waals surface area contributed by atoms with E-state index in [9.17, 15) is 0 Å². The molecule has 0 bridgehead atoms. The highest BCUT2D eigenvalue weighted by molar-refractivity contribution is 7.16. The van der Waals surface area contributed by atoms with Gasteiger partial charge >= 0.3 is 0 Å². The largest absolute Gasteiger partial charge is 0.397 e. The van der Waals surface area contributed by atoms with Crippen molar-refractivity contribution >= 4 is 27.2 Å². The maximum Gasteiger partial charge on any atom is 0.124 e. The van der Waals surface area contributed by atoms with Crippen molar-refractivity contribution in [1.82, 2.24) is 4.68 Å². The number of nitrogen functional groups attached to an aromatic ring is 1. The molecule has 1 aromatic carbocycles. The van der Waals surface area contributed by atoms with E-state index in [4.69, 9.17) is 5.73 Å². The Morgan fingerprint density at radius 1 is 1.18 bits per heavy atom. The van der Waals surface area contributed by atoms with Gasteiger partial charge in [-0.15, -0.1) is 11.3 Å². The molecule has 0 atom stereocenters. The van der Waals surface area contributed by atoms with E-state index in [2.05, 4.69) is 29.0 Å². The van der Waals surface area contributed by atoms with Gasteiger partial charge in [-0.2, -0.15) is 0 Å². The average molecular weight is 243 g/mol. The number of hydrogen-bond donors (Lipinski definition) is 2. The molecule has 0 aliphatic carbocycles. The van der Waals surface area contributed by atoms with Crippen molar-refractivity contribution in [2.24, 2.45) is 0 Å². The minimum absolute atomic E-state index is 0.794. The smallest absolute Gasteiger partial charge is 0.124 e. The Hall–Kier alpha value is -1.94. The van der Waals surface area contributed by atoms with E-state index >= 15 is 0 Å². The van der Waals surface area contributed by atoms with Gasteiger partial charge in [-0.25, -0.2) is 0 Å². The quantitative estimate of drug-likeness (QED) is 0.742. The van der Waals surface area contributed by atoms with Crippen molar-refractivity contribution in [3.63, 3.8) is 0 Å². The predicted octanol–water partition coefficient (Wildman–Crippen LogP) is 3.03. The average Bonchev–Trinajstić information content (AvgIpc) is 2.93. The van der Waals surface area contributed by atoms with Gasteiger partial charge in [0.25, 0.3) is 0 Å².